The Labute approximate surface area is 107 Å². The minimum atomic E-state index is 0.291. The molecule has 1 fully saturated rings. The maximum absolute atomic E-state index is 9.37. The van der Waals surface area contributed by atoms with Gasteiger partial charge in [0.1, 0.15) is 5.75 Å². The zero-order valence-electron chi connectivity index (χ0n) is 10.5. The highest BCUT2D eigenvalue weighted by Crippen LogP contribution is 2.25. The average Bonchev–Trinajstić information content (AvgIpc) is 2.99. The van der Waals surface area contributed by atoms with Gasteiger partial charge in [0.05, 0.1) is 6.20 Å². The predicted molar refractivity (Wildman–Crippen MR) is 71.4 cm³/mol. The van der Waals surface area contributed by atoms with Gasteiger partial charge in [0.2, 0.25) is 5.95 Å². The molecule has 0 radical (unpaired) electrons. The van der Waals surface area contributed by atoms with Crippen molar-refractivity contribution in [1.29, 1.82) is 0 Å². The summed E-state index contributed by atoms with van der Waals surface area (Å²) in [6.07, 6.45) is 4.38. The molecule has 0 spiro atoms. The Kier molecular flexibility index (Phi) is 2.70. The minimum Gasteiger partial charge on any atom is -0.508 e. The van der Waals surface area contributed by atoms with Crippen LogP contribution >= 0.6 is 0 Å². The fourth-order valence-corrected chi connectivity index (χ4v) is 2.49. The van der Waals surface area contributed by atoms with Crippen molar-refractivity contribution >= 4 is 5.95 Å². The molecule has 1 aromatic heterocycles. The Morgan fingerprint density at radius 2 is 1.78 bits per heavy atom. The van der Waals surface area contributed by atoms with Crippen LogP contribution in [0.5, 0.6) is 5.75 Å². The fraction of sp³-hybridized carbons (Fsp3) is 0.357. The molecule has 0 amide bonds. The van der Waals surface area contributed by atoms with E-state index in [0.29, 0.717) is 5.75 Å². The van der Waals surface area contributed by atoms with E-state index < -0.39 is 0 Å². The Balaban J connectivity index is 2.04. The number of rotatable bonds is 2. The molecule has 0 unspecified atom stereocenters. The van der Waals surface area contributed by atoms with Gasteiger partial charge in [0, 0.05) is 24.5 Å². The molecule has 0 aliphatic carbocycles. The third-order valence-corrected chi connectivity index (χ3v) is 3.42. The molecule has 94 valence electrons. The van der Waals surface area contributed by atoms with Crippen LogP contribution in [0.25, 0.3) is 5.69 Å². The minimum absolute atomic E-state index is 0.291. The molecule has 1 aliphatic heterocycles. The first-order valence-electron chi connectivity index (χ1n) is 6.34. The summed E-state index contributed by atoms with van der Waals surface area (Å²) in [7, 11) is 0. The Morgan fingerprint density at radius 3 is 2.44 bits per heavy atom. The quantitative estimate of drug-likeness (QED) is 0.881. The number of aromatic hydroxyl groups is 1. The molecule has 4 nitrogen and oxygen atoms in total. The number of phenolic OH excluding ortho intramolecular Hbond substituents is 1. The average molecular weight is 243 g/mol. The van der Waals surface area contributed by atoms with E-state index in [-0.39, 0.29) is 0 Å². The van der Waals surface area contributed by atoms with E-state index in [9.17, 15) is 5.11 Å². The van der Waals surface area contributed by atoms with Gasteiger partial charge in [0.25, 0.3) is 0 Å². The van der Waals surface area contributed by atoms with Crippen LogP contribution in [-0.4, -0.2) is 27.7 Å². The largest absolute Gasteiger partial charge is 0.508 e. The Bertz CT molecular complexity index is 539. The van der Waals surface area contributed by atoms with Crippen LogP contribution in [-0.2, 0) is 0 Å². The van der Waals surface area contributed by atoms with Crippen LogP contribution in [0.2, 0.25) is 0 Å². The van der Waals surface area contributed by atoms with Gasteiger partial charge in [-0.15, -0.1) is 0 Å². The highest BCUT2D eigenvalue weighted by atomic mass is 16.3. The Morgan fingerprint density at radius 1 is 1.11 bits per heavy atom. The second-order valence-corrected chi connectivity index (χ2v) is 4.75. The van der Waals surface area contributed by atoms with Crippen molar-refractivity contribution in [3.8, 4) is 11.4 Å². The van der Waals surface area contributed by atoms with Crippen molar-refractivity contribution in [3.05, 3.63) is 36.2 Å². The van der Waals surface area contributed by atoms with E-state index in [1.165, 1.54) is 12.8 Å². The summed E-state index contributed by atoms with van der Waals surface area (Å²) in [6.45, 7) is 4.21. The van der Waals surface area contributed by atoms with Gasteiger partial charge in [-0.25, -0.2) is 4.98 Å². The lowest BCUT2D eigenvalue weighted by atomic mass is 10.3. The van der Waals surface area contributed by atoms with E-state index in [0.717, 1.165) is 30.4 Å². The van der Waals surface area contributed by atoms with Crippen molar-refractivity contribution < 1.29 is 5.11 Å². The van der Waals surface area contributed by atoms with Gasteiger partial charge < -0.3 is 10.0 Å². The third kappa shape index (κ3) is 1.83. The summed E-state index contributed by atoms with van der Waals surface area (Å²) in [4.78, 5) is 6.84. The zero-order valence-corrected chi connectivity index (χ0v) is 10.5. The van der Waals surface area contributed by atoms with E-state index in [4.69, 9.17) is 0 Å². The first kappa shape index (κ1) is 11.1. The number of hydrogen-bond acceptors (Lipinski definition) is 3. The normalized spacial score (nSPS) is 15.3. The molecule has 4 heteroatoms. The molecule has 0 saturated carbocycles. The van der Waals surface area contributed by atoms with Crippen LogP contribution < -0.4 is 4.90 Å². The number of hydrogen-bond donors (Lipinski definition) is 1. The molecule has 1 N–H and O–H groups in total. The lowest BCUT2D eigenvalue weighted by Gasteiger charge is -2.19. The molecule has 2 aromatic rings. The number of benzene rings is 1. The van der Waals surface area contributed by atoms with Crippen molar-refractivity contribution in [1.82, 2.24) is 9.55 Å². The topological polar surface area (TPSA) is 41.3 Å². The van der Waals surface area contributed by atoms with Crippen molar-refractivity contribution in [2.45, 2.75) is 19.8 Å². The predicted octanol–water partition coefficient (Wildman–Crippen LogP) is 2.49. The molecule has 2 heterocycles. The van der Waals surface area contributed by atoms with Crippen LogP contribution in [0.4, 0.5) is 5.95 Å². The summed E-state index contributed by atoms with van der Waals surface area (Å²) in [5.74, 6) is 1.30. The third-order valence-electron chi connectivity index (χ3n) is 3.42. The highest BCUT2D eigenvalue weighted by molar-refractivity contribution is 5.47. The molecule has 18 heavy (non-hydrogen) atoms. The first-order chi connectivity index (χ1) is 8.75. The SMILES string of the molecule is Cc1cnc(N2CCCC2)n1-c1ccc(O)cc1. The zero-order chi connectivity index (χ0) is 12.5. The maximum Gasteiger partial charge on any atom is 0.210 e. The molecule has 3 rings (SSSR count). The van der Waals surface area contributed by atoms with E-state index in [1.807, 2.05) is 18.3 Å². The van der Waals surface area contributed by atoms with Crippen molar-refractivity contribution in [2.24, 2.45) is 0 Å². The lowest BCUT2D eigenvalue weighted by Crippen LogP contribution is -2.22. The molecule has 0 atom stereocenters. The van der Waals surface area contributed by atoms with Gasteiger partial charge in [-0.2, -0.15) is 0 Å². The highest BCUT2D eigenvalue weighted by Gasteiger charge is 2.19. The second kappa shape index (κ2) is 4.37. The van der Waals surface area contributed by atoms with Gasteiger partial charge in [-0.3, -0.25) is 4.57 Å². The van der Waals surface area contributed by atoms with Gasteiger partial charge in [0.15, 0.2) is 0 Å². The summed E-state index contributed by atoms with van der Waals surface area (Å²) in [6, 6.07) is 7.26. The fourth-order valence-electron chi connectivity index (χ4n) is 2.49. The first-order valence-corrected chi connectivity index (χ1v) is 6.34. The number of nitrogens with zero attached hydrogens (tertiary/aromatic N) is 3. The van der Waals surface area contributed by atoms with Crippen LogP contribution in [0, 0.1) is 6.92 Å². The van der Waals surface area contributed by atoms with Crippen molar-refractivity contribution in [2.75, 3.05) is 18.0 Å². The Hall–Kier alpha value is -1.97. The van der Waals surface area contributed by atoms with Crippen LogP contribution in [0.3, 0.4) is 0 Å². The maximum atomic E-state index is 9.37. The lowest BCUT2D eigenvalue weighted by molar-refractivity contribution is 0.475. The summed E-state index contributed by atoms with van der Waals surface area (Å²) < 4.78 is 2.14. The van der Waals surface area contributed by atoms with Crippen LogP contribution in [0.1, 0.15) is 18.5 Å². The molecular formula is C14H17N3O. The van der Waals surface area contributed by atoms with Crippen LogP contribution in [0.15, 0.2) is 30.5 Å². The van der Waals surface area contributed by atoms with Crippen molar-refractivity contribution in [3.63, 3.8) is 0 Å². The van der Waals surface area contributed by atoms with E-state index >= 15 is 0 Å². The van der Waals surface area contributed by atoms with Gasteiger partial charge >= 0.3 is 0 Å². The molecule has 1 aliphatic rings. The number of aryl methyl sites for hydroxylation is 1. The van der Waals surface area contributed by atoms with Gasteiger partial charge in [-0.05, 0) is 44.0 Å². The molecular weight excluding hydrogens is 226 g/mol. The number of imidazole rings is 1. The number of anilines is 1. The summed E-state index contributed by atoms with van der Waals surface area (Å²) in [5, 5.41) is 9.37. The number of phenols is 1. The van der Waals surface area contributed by atoms with E-state index in [1.54, 1.807) is 12.1 Å². The summed E-state index contributed by atoms with van der Waals surface area (Å²) >= 11 is 0. The van der Waals surface area contributed by atoms with E-state index in [2.05, 4.69) is 21.4 Å². The van der Waals surface area contributed by atoms with Gasteiger partial charge in [-0.1, -0.05) is 0 Å². The second-order valence-electron chi connectivity index (χ2n) is 4.75. The smallest absolute Gasteiger partial charge is 0.210 e. The molecule has 1 saturated heterocycles. The monoisotopic (exact) mass is 243 g/mol. The number of aromatic nitrogens is 2. The molecule has 1 aromatic carbocycles. The molecule has 0 bridgehead atoms. The summed E-state index contributed by atoms with van der Waals surface area (Å²) in [5.41, 5.74) is 2.16. The standard InChI is InChI=1S/C14H17N3O/c1-11-10-15-14(16-8-2-3-9-16)17(11)12-4-6-13(18)7-5-12/h4-7,10,18H,2-3,8-9H2,1H3.